The van der Waals surface area contributed by atoms with E-state index in [1.165, 1.54) is 122 Å². The molecule has 0 bridgehead atoms. The standard InChI is InChI=1S/C91H96BN3/c1-85(2,3)62-30-25-57(26-31-62)60-49-61(58-27-32-63(33-28-58)86(4,5)6)51-71(50-60)95-80-48-39-67(90(16,17)18)53-78(80)92-77-52-66(89(13,14)15)38-47-79(77)94(69-42-36-65(37-43-69)88(10,11)12)81-55-72(56-82(95)84(81)92)93(68-40-34-64(35-41-68)87(7,8)9)70-44-45-74-76(54-70)91(19,20)75-46-29-59-23-21-22-24-73(59)83(74)75/h21-56H,1-20H3. The van der Waals surface area contributed by atoms with Gasteiger partial charge in [0.25, 0.3) is 6.71 Å². The molecule has 2 aliphatic heterocycles. The maximum Gasteiger partial charge on any atom is 0.252 e. The molecular weight excluding hydrogens is 1150 g/mol. The predicted octanol–water partition coefficient (Wildman–Crippen LogP) is 23.8. The van der Waals surface area contributed by atoms with Crippen LogP contribution >= 0.6 is 0 Å². The third-order valence-electron chi connectivity index (χ3n) is 21.2. The first-order valence-electron chi connectivity index (χ1n) is 34.8. The van der Waals surface area contributed by atoms with E-state index < -0.39 is 0 Å². The molecule has 0 spiro atoms. The summed E-state index contributed by atoms with van der Waals surface area (Å²) in [5.74, 6) is 0. The second-order valence-electron chi connectivity index (χ2n) is 34.5. The van der Waals surface area contributed by atoms with Crippen molar-refractivity contribution < 1.29 is 0 Å². The average molecular weight is 1240 g/mol. The van der Waals surface area contributed by atoms with Crippen LogP contribution in [0.25, 0.3) is 44.2 Å². The Morgan fingerprint density at radius 3 is 1.21 bits per heavy atom. The third-order valence-corrected chi connectivity index (χ3v) is 21.2. The first-order valence-corrected chi connectivity index (χ1v) is 34.8. The van der Waals surface area contributed by atoms with Gasteiger partial charge in [-0.25, -0.2) is 0 Å². The molecule has 14 rings (SSSR count). The second-order valence-corrected chi connectivity index (χ2v) is 34.5. The van der Waals surface area contributed by atoms with Gasteiger partial charge in [-0.15, -0.1) is 0 Å². The summed E-state index contributed by atoms with van der Waals surface area (Å²) in [4.78, 5) is 7.85. The highest BCUT2D eigenvalue weighted by atomic mass is 15.2. The van der Waals surface area contributed by atoms with E-state index in [4.69, 9.17) is 0 Å². The molecule has 0 saturated heterocycles. The van der Waals surface area contributed by atoms with Gasteiger partial charge in [0.2, 0.25) is 0 Å². The lowest BCUT2D eigenvalue weighted by Crippen LogP contribution is -2.61. The van der Waals surface area contributed by atoms with Crippen molar-refractivity contribution in [1.82, 2.24) is 0 Å². The van der Waals surface area contributed by atoms with Crippen molar-refractivity contribution in [1.29, 1.82) is 0 Å². The summed E-state index contributed by atoms with van der Waals surface area (Å²) in [6, 6.07) is 86.0. The Kier molecular flexibility index (Phi) is 14.8. The number of benzene rings is 11. The fourth-order valence-electron chi connectivity index (χ4n) is 15.3. The normalized spacial score (nSPS) is 14.3. The Morgan fingerprint density at radius 2 is 0.737 bits per heavy atom. The van der Waals surface area contributed by atoms with Crippen LogP contribution in [-0.2, 0) is 37.9 Å². The largest absolute Gasteiger partial charge is 0.311 e. The molecule has 0 amide bonds. The number of hydrogen-bond acceptors (Lipinski definition) is 3. The lowest BCUT2D eigenvalue weighted by Gasteiger charge is -2.46. The Hall–Kier alpha value is -8.86. The van der Waals surface area contributed by atoms with E-state index in [1.807, 2.05) is 0 Å². The van der Waals surface area contributed by atoms with Crippen molar-refractivity contribution in [3.63, 3.8) is 0 Å². The van der Waals surface area contributed by atoms with Gasteiger partial charge in [-0.3, -0.25) is 0 Å². The summed E-state index contributed by atoms with van der Waals surface area (Å²) in [6.07, 6.45) is 0. The monoisotopic (exact) mass is 1240 g/mol. The Labute approximate surface area is 569 Å². The second kappa shape index (κ2) is 22.1. The summed E-state index contributed by atoms with van der Waals surface area (Å²) in [7, 11) is 0. The minimum Gasteiger partial charge on any atom is -0.311 e. The van der Waals surface area contributed by atoms with Gasteiger partial charge in [0, 0.05) is 50.9 Å². The van der Waals surface area contributed by atoms with Gasteiger partial charge in [0.15, 0.2) is 0 Å². The van der Waals surface area contributed by atoms with Crippen LogP contribution in [0.3, 0.4) is 0 Å². The first kappa shape index (κ1) is 63.5. The van der Waals surface area contributed by atoms with Gasteiger partial charge in [-0.1, -0.05) is 278 Å². The summed E-state index contributed by atoms with van der Waals surface area (Å²) < 4.78 is 0. The van der Waals surface area contributed by atoms with Crippen molar-refractivity contribution in [2.24, 2.45) is 0 Å². The summed E-state index contributed by atoms with van der Waals surface area (Å²) in [6.45, 7) is 46.7. The van der Waals surface area contributed by atoms with Crippen molar-refractivity contribution >= 4 is 85.1 Å². The van der Waals surface area contributed by atoms with E-state index >= 15 is 0 Å². The molecule has 1 aliphatic carbocycles. The highest BCUT2D eigenvalue weighted by Gasteiger charge is 2.46. The first-order chi connectivity index (χ1) is 44.6. The number of rotatable bonds is 7. The van der Waals surface area contributed by atoms with Gasteiger partial charge in [-0.2, -0.15) is 0 Å². The molecule has 95 heavy (non-hydrogen) atoms. The van der Waals surface area contributed by atoms with Crippen molar-refractivity contribution in [2.45, 2.75) is 176 Å². The van der Waals surface area contributed by atoms with Crippen LogP contribution in [0, 0.1) is 0 Å². The molecule has 0 aromatic heterocycles. The Bertz CT molecular complexity index is 4750. The van der Waals surface area contributed by atoms with Crippen LogP contribution in [0.5, 0.6) is 0 Å². The van der Waals surface area contributed by atoms with Gasteiger partial charge >= 0.3 is 0 Å². The van der Waals surface area contributed by atoms with Gasteiger partial charge in [-0.05, 0) is 216 Å². The third kappa shape index (κ3) is 11.1. The van der Waals surface area contributed by atoms with Crippen LogP contribution in [0.4, 0.5) is 51.2 Å². The van der Waals surface area contributed by atoms with E-state index in [0.717, 1.165) is 34.1 Å². The molecule has 0 saturated carbocycles. The molecule has 0 N–H and O–H groups in total. The zero-order valence-corrected chi connectivity index (χ0v) is 60.2. The number of fused-ring (bicyclic) bond motifs is 9. The van der Waals surface area contributed by atoms with Crippen molar-refractivity contribution in [2.75, 3.05) is 14.7 Å². The van der Waals surface area contributed by atoms with Gasteiger partial charge < -0.3 is 14.7 Å². The molecule has 0 radical (unpaired) electrons. The molecule has 0 unspecified atom stereocenters. The maximum atomic E-state index is 2.66. The average Bonchev–Trinajstić information content (AvgIpc) is 0.994. The zero-order chi connectivity index (χ0) is 67.4. The van der Waals surface area contributed by atoms with E-state index in [0.29, 0.717) is 0 Å². The van der Waals surface area contributed by atoms with Gasteiger partial charge in [0.05, 0.1) is 5.69 Å². The molecule has 0 atom stereocenters. The van der Waals surface area contributed by atoms with Crippen LogP contribution in [0.2, 0.25) is 0 Å². The lowest BCUT2D eigenvalue weighted by atomic mass is 9.33. The van der Waals surface area contributed by atoms with E-state index in [1.54, 1.807) is 0 Å². The number of hydrogen-bond donors (Lipinski definition) is 0. The quantitative estimate of drug-likeness (QED) is 0.147. The lowest BCUT2D eigenvalue weighted by molar-refractivity contribution is 0.590. The minimum atomic E-state index is -0.261. The highest BCUT2D eigenvalue weighted by molar-refractivity contribution is 7.00. The summed E-state index contributed by atoms with van der Waals surface area (Å²) in [5, 5.41) is 2.57. The highest BCUT2D eigenvalue weighted by Crippen LogP contribution is 2.55. The topological polar surface area (TPSA) is 9.72 Å². The zero-order valence-electron chi connectivity index (χ0n) is 60.2. The molecule has 4 heteroatoms. The van der Waals surface area contributed by atoms with E-state index in [2.05, 4.69) is 372 Å². The molecule has 11 aromatic carbocycles. The summed E-state index contributed by atoms with van der Waals surface area (Å²) in [5.41, 5.74) is 31.6. The molecule has 0 fully saturated rings. The molecule has 2 heterocycles. The summed E-state index contributed by atoms with van der Waals surface area (Å²) >= 11 is 0. The van der Waals surface area contributed by atoms with E-state index in [9.17, 15) is 0 Å². The molecule has 3 nitrogen and oxygen atoms in total. The van der Waals surface area contributed by atoms with Crippen molar-refractivity contribution in [3.8, 4) is 33.4 Å². The molecular formula is C91H96BN3. The van der Waals surface area contributed by atoms with Crippen LogP contribution in [0.1, 0.15) is 183 Å². The molecule has 3 aliphatic rings. The molecule has 478 valence electrons. The van der Waals surface area contributed by atoms with E-state index in [-0.39, 0.29) is 44.6 Å². The smallest absolute Gasteiger partial charge is 0.252 e. The predicted molar refractivity (Wildman–Crippen MR) is 413 cm³/mol. The van der Waals surface area contributed by atoms with Crippen LogP contribution in [0.15, 0.2) is 218 Å². The number of nitrogens with zero attached hydrogens (tertiary/aromatic N) is 3. The Balaban J connectivity index is 1.11. The van der Waals surface area contributed by atoms with Crippen LogP contribution in [-0.4, -0.2) is 6.71 Å². The molecule has 11 aromatic rings. The minimum absolute atomic E-state index is 0.0115. The fraction of sp³-hybridized carbons (Fsp3) is 0.297. The SMILES string of the molecule is CC(C)(C)c1ccc(-c2cc(-c3ccc(C(C)(C)C)cc3)cc(N3c4ccc(C(C)(C)C)cc4B4c5cc(C(C)(C)C)ccc5N(c5ccc(C(C)(C)C)cc5)c5cc(N(c6ccc(C(C)(C)C)cc6)c6ccc7c(c6)C(C)(C)c6ccc8ccccc8c6-7)cc3c54)c2)cc1. The maximum absolute atomic E-state index is 2.66. The number of anilines is 9. The van der Waals surface area contributed by atoms with Crippen molar-refractivity contribution in [3.05, 3.63) is 263 Å². The van der Waals surface area contributed by atoms with Crippen LogP contribution < -0.4 is 31.1 Å². The fourth-order valence-corrected chi connectivity index (χ4v) is 15.3. The Morgan fingerprint density at radius 1 is 0.316 bits per heavy atom. The van der Waals surface area contributed by atoms with Gasteiger partial charge in [0.1, 0.15) is 0 Å².